The highest BCUT2D eigenvalue weighted by atomic mass is 32.2. The average Bonchev–Trinajstić information content (AvgIpc) is 2.64. The Bertz CT molecular complexity index is 832. The summed E-state index contributed by atoms with van der Waals surface area (Å²) in [6, 6.07) is 14.4. The fourth-order valence-electron chi connectivity index (χ4n) is 3.20. The maximum Gasteiger partial charge on any atom is 0.243 e. The molecule has 0 radical (unpaired) electrons. The molecule has 1 aliphatic rings. The highest BCUT2D eigenvalue weighted by molar-refractivity contribution is 7.89. The number of halogens is 1. The molecule has 0 N–H and O–H groups in total. The Morgan fingerprint density at radius 3 is 2.24 bits per heavy atom. The first-order valence-corrected chi connectivity index (χ1v) is 9.89. The summed E-state index contributed by atoms with van der Waals surface area (Å²) in [4.78, 5) is 2.45. The number of aryl methyl sites for hydroxylation is 1. The number of piperazine rings is 1. The molecule has 0 saturated carbocycles. The molecule has 1 unspecified atom stereocenters. The Morgan fingerprint density at radius 2 is 1.64 bits per heavy atom. The van der Waals surface area contributed by atoms with Crippen molar-refractivity contribution in [3.63, 3.8) is 0 Å². The van der Waals surface area contributed by atoms with Crippen LogP contribution in [0, 0.1) is 12.7 Å². The molecule has 2 aromatic carbocycles. The van der Waals surface area contributed by atoms with Gasteiger partial charge in [-0.05, 0) is 43.2 Å². The van der Waals surface area contributed by atoms with Crippen molar-refractivity contribution in [3.8, 4) is 0 Å². The van der Waals surface area contributed by atoms with Gasteiger partial charge in [-0.3, -0.25) is 4.90 Å². The summed E-state index contributed by atoms with van der Waals surface area (Å²) in [7, 11) is -3.58. The highest BCUT2D eigenvalue weighted by Gasteiger charge is 2.30. The van der Waals surface area contributed by atoms with E-state index in [1.54, 1.807) is 6.92 Å². The average molecular weight is 362 g/mol. The van der Waals surface area contributed by atoms with E-state index in [0.29, 0.717) is 31.7 Å². The number of hydrogen-bond donors (Lipinski definition) is 0. The summed E-state index contributed by atoms with van der Waals surface area (Å²) in [5.74, 6) is -0.388. The molecule has 0 aromatic heterocycles. The van der Waals surface area contributed by atoms with Crippen molar-refractivity contribution in [1.29, 1.82) is 0 Å². The lowest BCUT2D eigenvalue weighted by molar-refractivity contribution is 0.146. The van der Waals surface area contributed by atoms with Crippen molar-refractivity contribution in [3.05, 3.63) is 65.5 Å². The number of nitrogens with zero attached hydrogens (tertiary/aromatic N) is 2. The molecule has 3 rings (SSSR count). The number of hydrogen-bond acceptors (Lipinski definition) is 3. The lowest BCUT2D eigenvalue weighted by Crippen LogP contribution is -2.49. The molecule has 0 bridgehead atoms. The van der Waals surface area contributed by atoms with Gasteiger partial charge in [0.25, 0.3) is 0 Å². The number of sulfonamides is 1. The van der Waals surface area contributed by atoms with Crippen LogP contribution in [0.1, 0.15) is 24.1 Å². The van der Waals surface area contributed by atoms with Crippen LogP contribution in [0.15, 0.2) is 53.4 Å². The SMILES string of the molecule is Cc1cc(S(=O)(=O)N2CCN(C(C)c3ccccc3)CC2)ccc1F. The molecule has 25 heavy (non-hydrogen) atoms. The van der Waals surface area contributed by atoms with Crippen molar-refractivity contribution in [2.24, 2.45) is 0 Å². The molecule has 0 aliphatic carbocycles. The van der Waals surface area contributed by atoms with Crippen LogP contribution < -0.4 is 0 Å². The van der Waals surface area contributed by atoms with Gasteiger partial charge in [0.15, 0.2) is 0 Å². The van der Waals surface area contributed by atoms with Gasteiger partial charge in [-0.1, -0.05) is 30.3 Å². The first kappa shape index (κ1) is 18.0. The van der Waals surface area contributed by atoms with Gasteiger partial charge in [0.2, 0.25) is 10.0 Å². The molecule has 1 atom stereocenters. The van der Waals surface area contributed by atoms with Crippen molar-refractivity contribution in [1.82, 2.24) is 9.21 Å². The fourth-order valence-corrected chi connectivity index (χ4v) is 4.71. The number of rotatable bonds is 4. The van der Waals surface area contributed by atoms with Crippen LogP contribution in [0.2, 0.25) is 0 Å². The summed E-state index contributed by atoms with van der Waals surface area (Å²) in [5, 5.41) is 0. The van der Waals surface area contributed by atoms with Gasteiger partial charge in [-0.15, -0.1) is 0 Å². The summed E-state index contributed by atoms with van der Waals surface area (Å²) < 4.78 is 40.5. The maximum atomic E-state index is 13.4. The molecule has 1 fully saturated rings. The molecule has 134 valence electrons. The molecular weight excluding hydrogens is 339 g/mol. The van der Waals surface area contributed by atoms with Gasteiger partial charge in [0.05, 0.1) is 4.90 Å². The Hall–Kier alpha value is -1.76. The van der Waals surface area contributed by atoms with Gasteiger partial charge in [-0.2, -0.15) is 4.31 Å². The molecular formula is C19H23FN2O2S. The molecule has 1 heterocycles. The zero-order valence-electron chi connectivity index (χ0n) is 14.5. The molecule has 1 saturated heterocycles. The quantitative estimate of drug-likeness (QED) is 0.839. The van der Waals surface area contributed by atoms with Crippen molar-refractivity contribution >= 4 is 10.0 Å². The highest BCUT2D eigenvalue weighted by Crippen LogP contribution is 2.24. The summed E-state index contributed by atoms with van der Waals surface area (Å²) >= 11 is 0. The third kappa shape index (κ3) is 3.76. The summed E-state index contributed by atoms with van der Waals surface area (Å²) in [6.07, 6.45) is 0. The lowest BCUT2D eigenvalue weighted by atomic mass is 10.1. The van der Waals surface area contributed by atoms with Crippen molar-refractivity contribution in [2.45, 2.75) is 24.8 Å². The van der Waals surface area contributed by atoms with Crippen LogP contribution in [0.4, 0.5) is 4.39 Å². The van der Waals surface area contributed by atoms with E-state index in [-0.39, 0.29) is 16.8 Å². The Balaban J connectivity index is 1.70. The predicted molar refractivity (Wildman–Crippen MR) is 96.3 cm³/mol. The van der Waals surface area contributed by atoms with E-state index < -0.39 is 10.0 Å². The smallest absolute Gasteiger partial charge is 0.243 e. The van der Waals surface area contributed by atoms with E-state index in [9.17, 15) is 12.8 Å². The van der Waals surface area contributed by atoms with Crippen LogP contribution in [-0.2, 0) is 10.0 Å². The molecule has 2 aromatic rings. The van der Waals surface area contributed by atoms with E-state index >= 15 is 0 Å². The van der Waals surface area contributed by atoms with Crippen molar-refractivity contribution in [2.75, 3.05) is 26.2 Å². The van der Waals surface area contributed by atoms with E-state index in [1.165, 1.54) is 28.1 Å². The van der Waals surface area contributed by atoms with Gasteiger partial charge in [0, 0.05) is 32.2 Å². The van der Waals surface area contributed by atoms with Gasteiger partial charge in [-0.25, -0.2) is 12.8 Å². The van der Waals surface area contributed by atoms with Gasteiger partial charge >= 0.3 is 0 Å². The minimum atomic E-state index is -3.58. The first-order valence-electron chi connectivity index (χ1n) is 8.45. The zero-order valence-corrected chi connectivity index (χ0v) is 15.3. The third-order valence-corrected chi connectivity index (χ3v) is 6.76. The second-order valence-electron chi connectivity index (χ2n) is 6.44. The van der Waals surface area contributed by atoms with E-state index in [0.717, 1.165) is 0 Å². The summed E-state index contributed by atoms with van der Waals surface area (Å²) in [5.41, 5.74) is 1.57. The minimum absolute atomic E-state index is 0.163. The molecule has 6 heteroatoms. The third-order valence-electron chi connectivity index (χ3n) is 4.87. The minimum Gasteiger partial charge on any atom is -0.294 e. The van der Waals surface area contributed by atoms with Crippen LogP contribution in [0.25, 0.3) is 0 Å². The Labute approximate surface area is 148 Å². The lowest BCUT2D eigenvalue weighted by Gasteiger charge is -2.37. The van der Waals surface area contributed by atoms with Gasteiger partial charge < -0.3 is 0 Å². The first-order chi connectivity index (χ1) is 11.9. The number of benzene rings is 2. The van der Waals surface area contributed by atoms with Crippen LogP contribution in [0.3, 0.4) is 0 Å². The largest absolute Gasteiger partial charge is 0.294 e. The monoisotopic (exact) mass is 362 g/mol. The normalized spacial score (nSPS) is 18.2. The second-order valence-corrected chi connectivity index (χ2v) is 8.38. The van der Waals surface area contributed by atoms with E-state index in [1.807, 2.05) is 18.2 Å². The standard InChI is InChI=1S/C19H23FN2O2S/c1-15-14-18(8-9-19(15)20)25(23,24)22-12-10-21(11-13-22)16(2)17-6-4-3-5-7-17/h3-9,14,16H,10-13H2,1-2H3. The molecule has 0 spiro atoms. The van der Waals surface area contributed by atoms with Crippen LogP contribution in [0.5, 0.6) is 0 Å². The zero-order chi connectivity index (χ0) is 18.0. The fraction of sp³-hybridized carbons (Fsp3) is 0.368. The van der Waals surface area contributed by atoms with Crippen LogP contribution in [-0.4, -0.2) is 43.8 Å². The van der Waals surface area contributed by atoms with Crippen molar-refractivity contribution < 1.29 is 12.8 Å². The van der Waals surface area contributed by atoms with Crippen LogP contribution >= 0.6 is 0 Å². The predicted octanol–water partition coefficient (Wildman–Crippen LogP) is 3.20. The summed E-state index contributed by atoms with van der Waals surface area (Å²) in [6.45, 7) is 5.95. The molecule has 1 aliphatic heterocycles. The molecule has 4 nitrogen and oxygen atoms in total. The molecule has 0 amide bonds. The Morgan fingerprint density at radius 1 is 1.00 bits per heavy atom. The maximum absolute atomic E-state index is 13.4. The topological polar surface area (TPSA) is 40.6 Å². The van der Waals surface area contributed by atoms with E-state index in [4.69, 9.17) is 0 Å². The van der Waals surface area contributed by atoms with E-state index in [2.05, 4.69) is 24.0 Å². The Kier molecular flexibility index (Phi) is 5.22. The second kappa shape index (κ2) is 7.23. The van der Waals surface area contributed by atoms with Gasteiger partial charge in [0.1, 0.15) is 5.82 Å².